The Bertz CT molecular complexity index is 1040. The highest BCUT2D eigenvalue weighted by Gasteiger charge is 2.14. The molecule has 0 spiro atoms. The number of amides is 1. The first kappa shape index (κ1) is 17.1. The number of aryl methyl sites for hydroxylation is 1. The van der Waals surface area contributed by atoms with Gasteiger partial charge in [-0.25, -0.2) is 0 Å². The van der Waals surface area contributed by atoms with E-state index in [0.717, 1.165) is 5.69 Å². The van der Waals surface area contributed by atoms with Gasteiger partial charge in [0.15, 0.2) is 5.76 Å². The highest BCUT2D eigenvalue weighted by molar-refractivity contribution is 6.30. The van der Waals surface area contributed by atoms with Crippen LogP contribution in [0, 0.1) is 0 Å². The molecule has 0 radical (unpaired) electrons. The zero-order valence-electron chi connectivity index (χ0n) is 14.1. The van der Waals surface area contributed by atoms with Crippen molar-refractivity contribution in [1.82, 2.24) is 14.7 Å². The molecule has 0 unspecified atom stereocenters. The molecular weight excluding hydrogens is 368 g/mol. The minimum Gasteiger partial charge on any atom is -0.461 e. The number of rotatable bonds is 6. The molecule has 0 aliphatic rings. The van der Waals surface area contributed by atoms with Crippen LogP contribution in [-0.4, -0.2) is 20.6 Å². The lowest BCUT2D eigenvalue weighted by molar-refractivity contribution is -0.116. The molecular formula is C19H15ClN4O3. The van der Waals surface area contributed by atoms with Gasteiger partial charge in [-0.15, -0.1) is 0 Å². The molecule has 0 bridgehead atoms. The van der Waals surface area contributed by atoms with Gasteiger partial charge in [0, 0.05) is 30.3 Å². The lowest BCUT2D eigenvalue weighted by atomic mass is 10.2. The Morgan fingerprint density at radius 2 is 2.04 bits per heavy atom. The van der Waals surface area contributed by atoms with Crippen LogP contribution >= 0.6 is 11.6 Å². The molecule has 27 heavy (non-hydrogen) atoms. The SMILES string of the molecule is O=C(CCc1nc(-c2ccco2)no1)Nc1ccc(Cl)cc1-n1cccc1. The van der Waals surface area contributed by atoms with Crippen LogP contribution in [0.2, 0.25) is 5.02 Å². The highest BCUT2D eigenvalue weighted by atomic mass is 35.5. The third-order valence-corrected chi connectivity index (χ3v) is 4.13. The highest BCUT2D eigenvalue weighted by Crippen LogP contribution is 2.25. The Labute approximate surface area is 159 Å². The van der Waals surface area contributed by atoms with Crippen LogP contribution in [0.25, 0.3) is 17.3 Å². The molecule has 0 fully saturated rings. The van der Waals surface area contributed by atoms with Gasteiger partial charge in [0.1, 0.15) is 0 Å². The first-order valence-electron chi connectivity index (χ1n) is 8.28. The molecule has 8 heteroatoms. The van der Waals surface area contributed by atoms with Gasteiger partial charge >= 0.3 is 0 Å². The lowest BCUT2D eigenvalue weighted by Gasteiger charge is -2.12. The van der Waals surface area contributed by atoms with E-state index in [-0.39, 0.29) is 12.3 Å². The molecule has 3 aromatic heterocycles. The standard InChI is InChI=1S/C19H15ClN4O3/c20-13-5-6-14(15(12-13)24-9-1-2-10-24)21-17(25)7-8-18-22-19(23-27-18)16-4-3-11-26-16/h1-6,9-12H,7-8H2,(H,21,25). The normalized spacial score (nSPS) is 10.9. The number of aromatic nitrogens is 3. The number of anilines is 1. The van der Waals surface area contributed by atoms with Crippen molar-refractivity contribution in [3.63, 3.8) is 0 Å². The van der Waals surface area contributed by atoms with Crippen LogP contribution in [0.1, 0.15) is 12.3 Å². The largest absolute Gasteiger partial charge is 0.461 e. The van der Waals surface area contributed by atoms with Crippen molar-refractivity contribution >= 4 is 23.2 Å². The molecule has 136 valence electrons. The quantitative estimate of drug-likeness (QED) is 0.536. The number of carbonyl (C=O) groups is 1. The third kappa shape index (κ3) is 3.93. The number of hydrogen-bond donors (Lipinski definition) is 1. The summed E-state index contributed by atoms with van der Waals surface area (Å²) >= 11 is 6.09. The predicted molar refractivity (Wildman–Crippen MR) is 99.7 cm³/mol. The van der Waals surface area contributed by atoms with Gasteiger partial charge in [-0.1, -0.05) is 16.8 Å². The maximum atomic E-state index is 12.4. The molecule has 4 aromatic rings. The minimum absolute atomic E-state index is 0.163. The zero-order valence-corrected chi connectivity index (χ0v) is 14.9. The summed E-state index contributed by atoms with van der Waals surface area (Å²) in [7, 11) is 0. The molecule has 0 aliphatic heterocycles. The Morgan fingerprint density at radius 3 is 2.81 bits per heavy atom. The fraction of sp³-hybridized carbons (Fsp3) is 0.105. The third-order valence-electron chi connectivity index (χ3n) is 3.89. The first-order chi connectivity index (χ1) is 13.2. The van der Waals surface area contributed by atoms with Crippen LogP contribution in [0.3, 0.4) is 0 Å². The molecule has 0 saturated heterocycles. The Hall–Kier alpha value is -3.32. The molecule has 1 aromatic carbocycles. The van der Waals surface area contributed by atoms with Gasteiger partial charge in [0.25, 0.3) is 0 Å². The van der Waals surface area contributed by atoms with Crippen molar-refractivity contribution in [2.75, 3.05) is 5.32 Å². The van der Waals surface area contributed by atoms with Crippen LogP contribution < -0.4 is 5.32 Å². The second-order valence-electron chi connectivity index (χ2n) is 5.79. The van der Waals surface area contributed by atoms with Crippen LogP contribution in [0.4, 0.5) is 5.69 Å². The zero-order chi connectivity index (χ0) is 18.6. The number of halogens is 1. The van der Waals surface area contributed by atoms with Gasteiger partial charge in [0.05, 0.1) is 17.6 Å². The molecule has 1 amide bonds. The maximum absolute atomic E-state index is 12.4. The van der Waals surface area contributed by atoms with E-state index in [4.69, 9.17) is 20.5 Å². The van der Waals surface area contributed by atoms with E-state index in [1.807, 2.05) is 29.1 Å². The molecule has 7 nitrogen and oxygen atoms in total. The summed E-state index contributed by atoms with van der Waals surface area (Å²) in [5, 5.41) is 7.34. The number of furan rings is 1. The second-order valence-corrected chi connectivity index (χ2v) is 6.23. The summed E-state index contributed by atoms with van der Waals surface area (Å²) in [5.74, 6) is 1.09. The van der Waals surface area contributed by atoms with Crippen molar-refractivity contribution < 1.29 is 13.7 Å². The molecule has 0 atom stereocenters. The summed E-state index contributed by atoms with van der Waals surface area (Å²) in [6, 6.07) is 12.6. The Balaban J connectivity index is 1.42. The Morgan fingerprint density at radius 1 is 1.19 bits per heavy atom. The minimum atomic E-state index is -0.163. The van der Waals surface area contributed by atoms with Crippen LogP contribution in [0.5, 0.6) is 0 Å². The maximum Gasteiger partial charge on any atom is 0.238 e. The van der Waals surface area contributed by atoms with E-state index in [1.54, 1.807) is 30.3 Å². The van der Waals surface area contributed by atoms with E-state index in [2.05, 4.69) is 15.5 Å². The molecule has 3 heterocycles. The second kappa shape index (κ2) is 7.51. The molecule has 4 rings (SSSR count). The van der Waals surface area contributed by atoms with E-state index in [0.29, 0.717) is 34.6 Å². The monoisotopic (exact) mass is 382 g/mol. The van der Waals surface area contributed by atoms with Gasteiger partial charge in [-0.2, -0.15) is 4.98 Å². The Kier molecular flexibility index (Phi) is 4.76. The van der Waals surface area contributed by atoms with E-state index >= 15 is 0 Å². The fourth-order valence-electron chi connectivity index (χ4n) is 2.61. The van der Waals surface area contributed by atoms with Crippen LogP contribution in [0.15, 0.2) is 70.1 Å². The van der Waals surface area contributed by atoms with Gasteiger partial charge in [0.2, 0.25) is 17.6 Å². The summed E-state index contributed by atoms with van der Waals surface area (Å²) in [4.78, 5) is 16.6. The number of hydrogen-bond acceptors (Lipinski definition) is 5. The summed E-state index contributed by atoms with van der Waals surface area (Å²) in [6.07, 6.45) is 5.83. The molecule has 1 N–H and O–H groups in total. The number of nitrogens with zero attached hydrogens (tertiary/aromatic N) is 3. The first-order valence-corrected chi connectivity index (χ1v) is 8.66. The number of nitrogens with one attached hydrogen (secondary N) is 1. The van der Waals surface area contributed by atoms with Crippen molar-refractivity contribution in [3.05, 3.63) is 72.0 Å². The van der Waals surface area contributed by atoms with E-state index < -0.39 is 0 Å². The summed E-state index contributed by atoms with van der Waals surface area (Å²) < 4.78 is 12.3. The fourth-order valence-corrected chi connectivity index (χ4v) is 2.78. The van der Waals surface area contributed by atoms with Crippen molar-refractivity contribution in [2.24, 2.45) is 0 Å². The van der Waals surface area contributed by atoms with Crippen LogP contribution in [-0.2, 0) is 11.2 Å². The summed E-state index contributed by atoms with van der Waals surface area (Å²) in [5.41, 5.74) is 1.46. The van der Waals surface area contributed by atoms with E-state index in [9.17, 15) is 4.79 Å². The average Bonchev–Trinajstić information content (AvgIpc) is 3.42. The molecule has 0 saturated carbocycles. The predicted octanol–water partition coefficient (Wildman–Crippen LogP) is 4.35. The van der Waals surface area contributed by atoms with Gasteiger partial charge in [-0.05, 0) is 42.5 Å². The lowest BCUT2D eigenvalue weighted by Crippen LogP contribution is -2.14. The number of carbonyl (C=O) groups excluding carboxylic acids is 1. The number of benzene rings is 1. The summed E-state index contributed by atoms with van der Waals surface area (Å²) in [6.45, 7) is 0. The van der Waals surface area contributed by atoms with Gasteiger partial charge < -0.3 is 18.8 Å². The van der Waals surface area contributed by atoms with Crippen molar-refractivity contribution in [3.8, 4) is 17.3 Å². The van der Waals surface area contributed by atoms with Gasteiger partial charge in [-0.3, -0.25) is 4.79 Å². The average molecular weight is 383 g/mol. The van der Waals surface area contributed by atoms with E-state index in [1.165, 1.54) is 6.26 Å². The smallest absolute Gasteiger partial charge is 0.238 e. The topological polar surface area (TPSA) is 86.1 Å². The molecule has 0 aliphatic carbocycles. The van der Waals surface area contributed by atoms with Crippen molar-refractivity contribution in [2.45, 2.75) is 12.8 Å². The van der Waals surface area contributed by atoms with Crippen molar-refractivity contribution in [1.29, 1.82) is 0 Å².